The topological polar surface area (TPSA) is 18.5 Å². The van der Waals surface area contributed by atoms with Gasteiger partial charge in [0.1, 0.15) is 0 Å². The summed E-state index contributed by atoms with van der Waals surface area (Å²) in [5, 5.41) is 0.216. The highest BCUT2D eigenvalue weighted by Crippen LogP contribution is 2.53. The molecule has 0 unspecified atom stereocenters. The second kappa shape index (κ2) is 6.35. The first-order valence-electron chi connectivity index (χ1n) is 7.32. The Hall–Kier alpha value is 0.137. The summed E-state index contributed by atoms with van der Waals surface area (Å²) in [6.07, 6.45) is 6.50. The van der Waals surface area contributed by atoms with Crippen molar-refractivity contribution in [1.82, 2.24) is 0 Å². The Morgan fingerprint density at radius 3 is 1.82 bits per heavy atom. The third-order valence-corrected chi connectivity index (χ3v) is 9.76. The van der Waals surface area contributed by atoms with Crippen molar-refractivity contribution in [3.05, 3.63) is 0 Å². The van der Waals surface area contributed by atoms with E-state index in [-0.39, 0.29) is 5.04 Å². The molecule has 0 aromatic heterocycles. The summed E-state index contributed by atoms with van der Waals surface area (Å²) < 4.78 is 12.7. The Bertz CT molecular complexity index is 216. The minimum atomic E-state index is -2.09. The van der Waals surface area contributed by atoms with Crippen LogP contribution < -0.4 is 0 Å². The van der Waals surface area contributed by atoms with Crippen LogP contribution in [0, 0.1) is 0 Å². The summed E-state index contributed by atoms with van der Waals surface area (Å²) in [4.78, 5) is 0. The van der Waals surface area contributed by atoms with Crippen LogP contribution in [-0.4, -0.2) is 21.8 Å². The van der Waals surface area contributed by atoms with Crippen molar-refractivity contribution in [2.45, 2.75) is 77.3 Å². The molecule has 1 rings (SSSR count). The van der Waals surface area contributed by atoms with E-state index in [0.29, 0.717) is 5.54 Å². The summed E-state index contributed by atoms with van der Waals surface area (Å²) in [5.74, 6) is 0. The molecule has 0 N–H and O–H groups in total. The Labute approximate surface area is 108 Å². The van der Waals surface area contributed by atoms with E-state index in [9.17, 15) is 0 Å². The third-order valence-electron chi connectivity index (χ3n) is 4.44. The van der Waals surface area contributed by atoms with Crippen molar-refractivity contribution >= 4 is 8.56 Å². The van der Waals surface area contributed by atoms with Crippen LogP contribution in [0.4, 0.5) is 0 Å². The highest BCUT2D eigenvalue weighted by atomic mass is 28.4. The van der Waals surface area contributed by atoms with Crippen molar-refractivity contribution < 1.29 is 8.85 Å². The van der Waals surface area contributed by atoms with E-state index in [0.717, 1.165) is 19.6 Å². The van der Waals surface area contributed by atoms with Crippen molar-refractivity contribution in [1.29, 1.82) is 0 Å². The predicted octanol–water partition coefficient (Wildman–Crippen LogP) is 4.64. The van der Waals surface area contributed by atoms with Gasteiger partial charge in [-0.3, -0.25) is 0 Å². The Morgan fingerprint density at radius 2 is 1.47 bits per heavy atom. The maximum Gasteiger partial charge on any atom is 0.347 e. The van der Waals surface area contributed by atoms with Gasteiger partial charge in [0.05, 0.1) is 0 Å². The van der Waals surface area contributed by atoms with Crippen LogP contribution in [0.25, 0.3) is 0 Å². The van der Waals surface area contributed by atoms with Crippen LogP contribution in [0.15, 0.2) is 0 Å². The zero-order valence-corrected chi connectivity index (χ0v) is 13.3. The minimum Gasteiger partial charge on any atom is -0.394 e. The van der Waals surface area contributed by atoms with E-state index in [2.05, 4.69) is 34.6 Å². The molecule has 0 radical (unpaired) electrons. The highest BCUT2D eigenvalue weighted by Gasteiger charge is 2.56. The van der Waals surface area contributed by atoms with Gasteiger partial charge in [0, 0.05) is 23.8 Å². The summed E-state index contributed by atoms with van der Waals surface area (Å²) in [6.45, 7) is 12.8. The molecule has 102 valence electrons. The fourth-order valence-corrected chi connectivity index (χ4v) is 8.16. The average Bonchev–Trinajstić information content (AvgIpc) is 2.82. The maximum absolute atomic E-state index is 6.33. The van der Waals surface area contributed by atoms with Gasteiger partial charge < -0.3 is 8.85 Å². The summed E-state index contributed by atoms with van der Waals surface area (Å²) in [7, 11) is -2.09. The van der Waals surface area contributed by atoms with Crippen molar-refractivity contribution in [2.75, 3.05) is 13.2 Å². The molecule has 0 amide bonds. The van der Waals surface area contributed by atoms with E-state index >= 15 is 0 Å². The zero-order valence-electron chi connectivity index (χ0n) is 12.3. The van der Waals surface area contributed by atoms with Crippen LogP contribution in [0.1, 0.15) is 66.7 Å². The van der Waals surface area contributed by atoms with Gasteiger partial charge in [-0.1, -0.05) is 33.6 Å². The summed E-state index contributed by atoms with van der Waals surface area (Å²) in [5.41, 5.74) is 0.706. The van der Waals surface area contributed by atoms with Gasteiger partial charge in [0.15, 0.2) is 0 Å². The van der Waals surface area contributed by atoms with Gasteiger partial charge in [-0.25, -0.2) is 0 Å². The predicted molar refractivity (Wildman–Crippen MR) is 75.6 cm³/mol. The molecule has 1 saturated carbocycles. The van der Waals surface area contributed by atoms with Crippen molar-refractivity contribution in [3.8, 4) is 0 Å². The normalized spacial score (nSPS) is 18.9. The molecule has 0 saturated heterocycles. The van der Waals surface area contributed by atoms with Gasteiger partial charge in [-0.15, -0.1) is 0 Å². The lowest BCUT2D eigenvalue weighted by atomic mass is 10.1. The number of hydrogen-bond acceptors (Lipinski definition) is 2. The molecule has 0 aliphatic heterocycles. The van der Waals surface area contributed by atoms with Crippen molar-refractivity contribution in [3.63, 3.8) is 0 Å². The first kappa shape index (κ1) is 15.2. The Balaban J connectivity index is 3.01. The minimum absolute atomic E-state index is 0.216. The molecule has 1 aliphatic carbocycles. The molecule has 0 spiro atoms. The molecule has 17 heavy (non-hydrogen) atoms. The molecule has 0 aromatic rings. The van der Waals surface area contributed by atoms with Crippen molar-refractivity contribution in [2.24, 2.45) is 0 Å². The van der Waals surface area contributed by atoms with Gasteiger partial charge >= 0.3 is 8.56 Å². The first-order chi connectivity index (χ1) is 8.04. The third kappa shape index (κ3) is 2.94. The van der Waals surface area contributed by atoms with Gasteiger partial charge in [-0.05, 0) is 33.1 Å². The fourth-order valence-electron chi connectivity index (χ4n) is 3.20. The molecule has 0 bridgehead atoms. The van der Waals surface area contributed by atoms with Crippen LogP contribution in [0.5, 0.6) is 0 Å². The largest absolute Gasteiger partial charge is 0.394 e. The Morgan fingerprint density at radius 1 is 1.00 bits per heavy atom. The maximum atomic E-state index is 6.33. The van der Waals surface area contributed by atoms with E-state index in [4.69, 9.17) is 8.85 Å². The van der Waals surface area contributed by atoms with Crippen LogP contribution in [0.2, 0.25) is 10.6 Å². The quantitative estimate of drug-likeness (QED) is 0.620. The van der Waals surface area contributed by atoms with Crippen LogP contribution >= 0.6 is 0 Å². The van der Waals surface area contributed by atoms with Crippen LogP contribution in [0.3, 0.4) is 0 Å². The molecular formula is C14H30O2Si. The molecule has 3 heteroatoms. The van der Waals surface area contributed by atoms with Gasteiger partial charge in [0.2, 0.25) is 0 Å². The summed E-state index contributed by atoms with van der Waals surface area (Å²) in [6, 6.07) is 0. The Kier molecular flexibility index (Phi) is 5.67. The SMILES string of the molecule is CCO[Si](OCC)(C1CCCC1)C(C)(C)CC. The first-order valence-corrected chi connectivity index (χ1v) is 9.21. The number of hydrogen-bond donors (Lipinski definition) is 0. The monoisotopic (exact) mass is 258 g/mol. The fraction of sp³-hybridized carbons (Fsp3) is 1.00. The summed E-state index contributed by atoms with van der Waals surface area (Å²) >= 11 is 0. The highest BCUT2D eigenvalue weighted by molar-refractivity contribution is 6.72. The molecule has 0 aromatic carbocycles. The molecule has 0 heterocycles. The molecular weight excluding hydrogens is 228 g/mol. The molecule has 1 aliphatic rings. The lowest BCUT2D eigenvalue weighted by molar-refractivity contribution is 0.145. The average molecular weight is 258 g/mol. The van der Waals surface area contributed by atoms with Gasteiger partial charge in [0.25, 0.3) is 0 Å². The second-order valence-electron chi connectivity index (χ2n) is 5.75. The van der Waals surface area contributed by atoms with E-state index in [1.165, 1.54) is 25.7 Å². The lowest BCUT2D eigenvalue weighted by Crippen LogP contribution is -2.54. The molecule has 1 fully saturated rings. The smallest absolute Gasteiger partial charge is 0.347 e. The van der Waals surface area contributed by atoms with E-state index in [1.807, 2.05) is 0 Å². The standard InChI is InChI=1S/C14H30O2Si/c1-6-14(4,5)17(15-7-2,16-8-3)13-11-9-10-12-13/h13H,6-12H2,1-5H3. The van der Waals surface area contributed by atoms with Gasteiger partial charge in [-0.2, -0.15) is 0 Å². The zero-order chi connectivity index (χ0) is 12.9. The number of rotatable bonds is 7. The molecule has 0 atom stereocenters. The lowest BCUT2D eigenvalue weighted by Gasteiger charge is -2.46. The van der Waals surface area contributed by atoms with E-state index in [1.54, 1.807) is 0 Å². The van der Waals surface area contributed by atoms with E-state index < -0.39 is 8.56 Å². The van der Waals surface area contributed by atoms with Crippen LogP contribution in [-0.2, 0) is 8.85 Å². The second-order valence-corrected chi connectivity index (χ2v) is 9.83. The molecule has 2 nitrogen and oxygen atoms in total.